The fourth-order valence-electron chi connectivity index (χ4n) is 1.98. The molecule has 0 unspecified atom stereocenters. The summed E-state index contributed by atoms with van der Waals surface area (Å²) in [7, 11) is 0. The van der Waals surface area contributed by atoms with Gasteiger partial charge in [0.1, 0.15) is 0 Å². The number of nitrogen functional groups attached to an aromatic ring is 1. The van der Waals surface area contributed by atoms with E-state index in [4.69, 9.17) is 5.73 Å². The third-order valence-corrected chi connectivity index (χ3v) is 2.76. The largest absolute Gasteiger partial charge is 0.368 e. The predicted octanol–water partition coefficient (Wildman–Crippen LogP) is 0.834. The van der Waals surface area contributed by atoms with E-state index in [0.29, 0.717) is 11.9 Å². The summed E-state index contributed by atoms with van der Waals surface area (Å²) in [4.78, 5) is 8.32. The van der Waals surface area contributed by atoms with Crippen molar-refractivity contribution >= 4 is 5.95 Å². The van der Waals surface area contributed by atoms with Crippen LogP contribution in [0.3, 0.4) is 0 Å². The standard InChI is InChI=1S/C10H16N4/c1-7-6-13-10(11)14-9(7)8-2-4-12-5-3-8/h6,8,12H,2-5H2,1H3,(H2,11,13,14). The third-order valence-electron chi connectivity index (χ3n) is 2.76. The molecule has 0 atom stereocenters. The average molecular weight is 192 g/mol. The van der Waals surface area contributed by atoms with E-state index in [0.717, 1.165) is 37.2 Å². The van der Waals surface area contributed by atoms with Crippen LogP contribution in [-0.4, -0.2) is 23.1 Å². The maximum atomic E-state index is 5.60. The molecular weight excluding hydrogens is 176 g/mol. The number of aromatic nitrogens is 2. The summed E-state index contributed by atoms with van der Waals surface area (Å²) in [6.07, 6.45) is 4.12. The van der Waals surface area contributed by atoms with Gasteiger partial charge in [0, 0.05) is 12.1 Å². The summed E-state index contributed by atoms with van der Waals surface area (Å²) in [5, 5.41) is 3.34. The fourth-order valence-corrected chi connectivity index (χ4v) is 1.98. The molecular formula is C10H16N4. The molecule has 3 N–H and O–H groups in total. The van der Waals surface area contributed by atoms with Gasteiger partial charge in [0.05, 0.1) is 5.69 Å². The van der Waals surface area contributed by atoms with Gasteiger partial charge in [-0.25, -0.2) is 9.97 Å². The molecule has 1 aromatic heterocycles. The number of rotatable bonds is 1. The molecule has 14 heavy (non-hydrogen) atoms. The van der Waals surface area contributed by atoms with Crippen LogP contribution in [0.1, 0.15) is 30.0 Å². The van der Waals surface area contributed by atoms with E-state index in [2.05, 4.69) is 22.2 Å². The summed E-state index contributed by atoms with van der Waals surface area (Å²) in [5.74, 6) is 0.950. The van der Waals surface area contributed by atoms with Crippen LogP contribution in [0, 0.1) is 6.92 Å². The molecule has 0 aromatic carbocycles. The molecule has 76 valence electrons. The predicted molar refractivity (Wildman–Crippen MR) is 56.0 cm³/mol. The van der Waals surface area contributed by atoms with Crippen molar-refractivity contribution < 1.29 is 0 Å². The van der Waals surface area contributed by atoms with E-state index in [1.165, 1.54) is 0 Å². The zero-order valence-electron chi connectivity index (χ0n) is 8.45. The minimum atomic E-state index is 0.393. The van der Waals surface area contributed by atoms with Crippen molar-refractivity contribution in [3.05, 3.63) is 17.5 Å². The van der Waals surface area contributed by atoms with Crippen LogP contribution in [0.25, 0.3) is 0 Å². The molecule has 0 bridgehead atoms. The Balaban J connectivity index is 2.24. The molecule has 0 radical (unpaired) electrons. The van der Waals surface area contributed by atoms with Gasteiger partial charge in [-0.1, -0.05) is 0 Å². The highest BCUT2D eigenvalue weighted by Crippen LogP contribution is 2.25. The highest BCUT2D eigenvalue weighted by molar-refractivity contribution is 5.27. The van der Waals surface area contributed by atoms with Gasteiger partial charge in [0.25, 0.3) is 0 Å². The first-order valence-electron chi connectivity index (χ1n) is 5.07. The zero-order chi connectivity index (χ0) is 9.97. The van der Waals surface area contributed by atoms with Crippen molar-refractivity contribution in [2.75, 3.05) is 18.8 Å². The zero-order valence-corrected chi connectivity index (χ0v) is 8.45. The maximum Gasteiger partial charge on any atom is 0.220 e. The van der Waals surface area contributed by atoms with Gasteiger partial charge in [-0.2, -0.15) is 0 Å². The lowest BCUT2D eigenvalue weighted by molar-refractivity contribution is 0.451. The number of anilines is 1. The number of piperidine rings is 1. The van der Waals surface area contributed by atoms with Crippen molar-refractivity contribution in [1.82, 2.24) is 15.3 Å². The van der Waals surface area contributed by atoms with E-state index in [-0.39, 0.29) is 0 Å². The monoisotopic (exact) mass is 192 g/mol. The van der Waals surface area contributed by atoms with Crippen LogP contribution < -0.4 is 11.1 Å². The number of nitrogens with zero attached hydrogens (tertiary/aromatic N) is 2. The van der Waals surface area contributed by atoms with Crippen LogP contribution in [-0.2, 0) is 0 Å². The first kappa shape index (κ1) is 9.40. The molecule has 2 heterocycles. The van der Waals surface area contributed by atoms with E-state index >= 15 is 0 Å². The maximum absolute atomic E-state index is 5.60. The molecule has 0 saturated carbocycles. The second-order valence-electron chi connectivity index (χ2n) is 3.82. The van der Waals surface area contributed by atoms with Crippen LogP contribution in [0.2, 0.25) is 0 Å². The summed E-state index contributed by atoms with van der Waals surface area (Å²) >= 11 is 0. The summed E-state index contributed by atoms with van der Waals surface area (Å²) in [5.41, 5.74) is 7.89. The van der Waals surface area contributed by atoms with Crippen molar-refractivity contribution in [2.45, 2.75) is 25.7 Å². The molecule has 1 aromatic rings. The first-order valence-corrected chi connectivity index (χ1v) is 5.07. The molecule has 4 heteroatoms. The van der Waals surface area contributed by atoms with Crippen LogP contribution in [0.15, 0.2) is 6.20 Å². The normalized spacial score (nSPS) is 18.4. The Morgan fingerprint density at radius 2 is 2.14 bits per heavy atom. The SMILES string of the molecule is Cc1cnc(N)nc1C1CCNCC1. The summed E-state index contributed by atoms with van der Waals surface area (Å²) < 4.78 is 0. The van der Waals surface area contributed by atoms with Gasteiger partial charge in [0.2, 0.25) is 5.95 Å². The molecule has 0 spiro atoms. The Morgan fingerprint density at radius 1 is 1.43 bits per heavy atom. The van der Waals surface area contributed by atoms with Gasteiger partial charge in [-0.15, -0.1) is 0 Å². The quantitative estimate of drug-likeness (QED) is 0.692. The van der Waals surface area contributed by atoms with Crippen molar-refractivity contribution in [2.24, 2.45) is 0 Å². The van der Waals surface area contributed by atoms with E-state index in [1.54, 1.807) is 0 Å². The van der Waals surface area contributed by atoms with Crippen molar-refractivity contribution in [1.29, 1.82) is 0 Å². The van der Waals surface area contributed by atoms with E-state index < -0.39 is 0 Å². The van der Waals surface area contributed by atoms with Gasteiger partial charge in [-0.05, 0) is 38.4 Å². The number of nitrogens with one attached hydrogen (secondary N) is 1. The van der Waals surface area contributed by atoms with Crippen LogP contribution >= 0.6 is 0 Å². The second-order valence-corrected chi connectivity index (χ2v) is 3.82. The Morgan fingerprint density at radius 3 is 2.86 bits per heavy atom. The van der Waals surface area contributed by atoms with Gasteiger partial charge in [-0.3, -0.25) is 0 Å². The van der Waals surface area contributed by atoms with Crippen LogP contribution in [0.5, 0.6) is 0 Å². The minimum Gasteiger partial charge on any atom is -0.368 e. The summed E-state index contributed by atoms with van der Waals surface area (Å²) in [6, 6.07) is 0. The Labute approximate surface area is 83.9 Å². The van der Waals surface area contributed by atoms with E-state index in [9.17, 15) is 0 Å². The van der Waals surface area contributed by atoms with Gasteiger partial charge in [0.15, 0.2) is 0 Å². The topological polar surface area (TPSA) is 63.8 Å². The number of hydrogen-bond acceptors (Lipinski definition) is 4. The molecule has 1 aliphatic heterocycles. The molecule has 0 amide bonds. The first-order chi connectivity index (χ1) is 6.77. The number of aryl methyl sites for hydroxylation is 1. The molecule has 0 aliphatic carbocycles. The fraction of sp³-hybridized carbons (Fsp3) is 0.600. The number of hydrogen-bond donors (Lipinski definition) is 2. The summed E-state index contributed by atoms with van der Waals surface area (Å²) in [6.45, 7) is 4.21. The van der Waals surface area contributed by atoms with Gasteiger partial charge < -0.3 is 11.1 Å². The van der Waals surface area contributed by atoms with Crippen molar-refractivity contribution in [3.8, 4) is 0 Å². The highest BCUT2D eigenvalue weighted by atomic mass is 15.0. The number of nitrogens with two attached hydrogens (primary N) is 1. The Kier molecular flexibility index (Phi) is 2.63. The minimum absolute atomic E-state index is 0.393. The molecule has 1 fully saturated rings. The molecule has 4 nitrogen and oxygen atoms in total. The molecule has 2 rings (SSSR count). The van der Waals surface area contributed by atoms with E-state index in [1.807, 2.05) is 6.20 Å². The van der Waals surface area contributed by atoms with Crippen LogP contribution in [0.4, 0.5) is 5.95 Å². The lowest BCUT2D eigenvalue weighted by Crippen LogP contribution is -2.27. The molecule has 1 aliphatic rings. The third kappa shape index (κ3) is 1.85. The second kappa shape index (κ2) is 3.92. The lowest BCUT2D eigenvalue weighted by Gasteiger charge is -2.23. The van der Waals surface area contributed by atoms with Crippen molar-refractivity contribution in [3.63, 3.8) is 0 Å². The highest BCUT2D eigenvalue weighted by Gasteiger charge is 2.18. The lowest BCUT2D eigenvalue weighted by atomic mass is 9.92. The van der Waals surface area contributed by atoms with Gasteiger partial charge >= 0.3 is 0 Å². The smallest absolute Gasteiger partial charge is 0.220 e. The average Bonchev–Trinajstić information content (AvgIpc) is 2.23. The Bertz CT molecular complexity index is 318. The molecule has 1 saturated heterocycles. The Hall–Kier alpha value is -1.16.